The summed E-state index contributed by atoms with van der Waals surface area (Å²) < 4.78 is 23.4. The molecule has 0 spiro atoms. The topological polar surface area (TPSA) is 148 Å². The fourth-order valence-electron chi connectivity index (χ4n) is 2.90. The van der Waals surface area contributed by atoms with Crippen LogP contribution >= 0.6 is 7.60 Å². The molecule has 0 amide bonds. The highest BCUT2D eigenvalue weighted by molar-refractivity contribution is 7.52. The maximum absolute atomic E-state index is 12.2. The van der Waals surface area contributed by atoms with E-state index in [-0.39, 0.29) is 37.3 Å². The Kier molecular flexibility index (Phi) is 9.16. The molecule has 12 heteroatoms. The van der Waals surface area contributed by atoms with E-state index in [0.717, 1.165) is 5.82 Å². The first-order chi connectivity index (χ1) is 14.3. The number of ether oxygens (including phenoxy) is 1. The first-order valence-electron chi connectivity index (χ1n) is 10.0. The third-order valence-corrected chi connectivity index (χ3v) is 5.89. The highest BCUT2D eigenvalue weighted by Gasteiger charge is 2.19. The summed E-state index contributed by atoms with van der Waals surface area (Å²) in [6, 6.07) is 0. The minimum atomic E-state index is -3.72. The van der Waals surface area contributed by atoms with E-state index in [1.807, 2.05) is 18.4 Å². The van der Waals surface area contributed by atoms with Crippen molar-refractivity contribution in [2.24, 2.45) is 0 Å². The zero-order chi connectivity index (χ0) is 22.1. The maximum atomic E-state index is 12.2. The van der Waals surface area contributed by atoms with Gasteiger partial charge in [0, 0.05) is 38.9 Å². The molecule has 1 atom stereocenters. The van der Waals surface area contributed by atoms with Gasteiger partial charge < -0.3 is 29.0 Å². The zero-order valence-electron chi connectivity index (χ0n) is 17.6. The van der Waals surface area contributed by atoms with E-state index < -0.39 is 7.60 Å². The van der Waals surface area contributed by atoms with Gasteiger partial charge in [0.15, 0.2) is 11.2 Å². The quantitative estimate of drug-likeness (QED) is 0.234. The van der Waals surface area contributed by atoms with Crippen LogP contribution in [-0.4, -0.2) is 63.3 Å². The lowest BCUT2D eigenvalue weighted by Gasteiger charge is -2.13. The summed E-state index contributed by atoms with van der Waals surface area (Å²) in [4.78, 5) is 44.7. The lowest BCUT2D eigenvalue weighted by molar-refractivity contribution is -0.140. The van der Waals surface area contributed by atoms with Crippen LogP contribution in [0.2, 0.25) is 0 Å². The van der Waals surface area contributed by atoms with E-state index >= 15 is 0 Å². The number of carbonyl (C=O) groups excluding carboxylic acids is 1. The van der Waals surface area contributed by atoms with E-state index in [1.165, 1.54) is 7.11 Å². The molecule has 168 valence electrons. The highest BCUT2D eigenvalue weighted by Crippen LogP contribution is 2.41. The normalized spacial score (nSPS) is 13.5. The fraction of sp³-hybridized carbons (Fsp3) is 0.667. The molecule has 3 N–H and O–H groups in total. The van der Waals surface area contributed by atoms with E-state index in [9.17, 15) is 19.0 Å². The van der Waals surface area contributed by atoms with Crippen molar-refractivity contribution in [3.63, 3.8) is 0 Å². The van der Waals surface area contributed by atoms with Gasteiger partial charge in [0.05, 0.1) is 19.9 Å². The van der Waals surface area contributed by atoms with Crippen LogP contribution in [0.25, 0.3) is 11.2 Å². The lowest BCUT2D eigenvalue weighted by Crippen LogP contribution is -2.24. The molecule has 1 unspecified atom stereocenters. The number of esters is 1. The number of fused-ring (bicyclic) bond motifs is 1. The average molecular weight is 443 g/mol. The Morgan fingerprint density at radius 3 is 2.70 bits per heavy atom. The number of imidazole rings is 1. The van der Waals surface area contributed by atoms with Gasteiger partial charge in [-0.1, -0.05) is 13.8 Å². The fourth-order valence-corrected chi connectivity index (χ4v) is 3.88. The number of carbonyl (C=O) groups is 1. The summed E-state index contributed by atoms with van der Waals surface area (Å²) in [6.45, 7) is 5.21. The minimum Gasteiger partial charge on any atom is -0.469 e. The van der Waals surface area contributed by atoms with Gasteiger partial charge in [0.2, 0.25) is 0 Å². The first kappa shape index (κ1) is 24.2. The molecule has 2 rings (SSSR count). The molecule has 11 nitrogen and oxygen atoms in total. The van der Waals surface area contributed by atoms with E-state index in [1.54, 1.807) is 0 Å². The standard InChI is InChI=1S/C18H30N5O6P/c1-4-13-20-17-16(18(25)21-13)22-14(5-2)23(17)10-8-19-9-12-30(26,27)29-11-6-7-15(24)28-3/h19H,4-12H2,1-3H3,(H,26,27)(H,20,21,25). The molecular formula is C18H30N5O6P. The summed E-state index contributed by atoms with van der Waals surface area (Å²) in [5.74, 6) is 0.990. The van der Waals surface area contributed by atoms with E-state index in [0.29, 0.717) is 49.3 Å². The summed E-state index contributed by atoms with van der Waals surface area (Å²) in [7, 11) is -2.43. The van der Waals surface area contributed by atoms with Gasteiger partial charge in [-0.25, -0.2) is 9.97 Å². The van der Waals surface area contributed by atoms with Gasteiger partial charge >= 0.3 is 13.6 Å². The maximum Gasteiger partial charge on any atom is 0.329 e. The molecular weight excluding hydrogens is 413 g/mol. The largest absolute Gasteiger partial charge is 0.469 e. The van der Waals surface area contributed by atoms with Gasteiger partial charge in [-0.05, 0) is 6.42 Å². The third-order valence-electron chi connectivity index (χ3n) is 4.51. The number of aromatic nitrogens is 4. The SMILES string of the molecule is CCc1nc2c(nc(CC)n2CCNCCP(=O)(O)OCCCC(=O)OC)c(=O)[nH]1. The molecule has 0 saturated heterocycles. The number of hydrogen-bond donors (Lipinski definition) is 3. The Balaban J connectivity index is 1.85. The average Bonchev–Trinajstić information content (AvgIpc) is 3.08. The Morgan fingerprint density at radius 2 is 2.03 bits per heavy atom. The molecule has 30 heavy (non-hydrogen) atoms. The Bertz CT molecular complexity index is 956. The molecule has 0 bridgehead atoms. The molecule has 0 fully saturated rings. The molecule has 2 aromatic rings. The van der Waals surface area contributed by atoms with Crippen LogP contribution in [0.4, 0.5) is 0 Å². The van der Waals surface area contributed by atoms with Crippen molar-refractivity contribution in [1.82, 2.24) is 24.8 Å². The Morgan fingerprint density at radius 1 is 1.27 bits per heavy atom. The second kappa shape index (κ2) is 11.4. The highest BCUT2D eigenvalue weighted by atomic mass is 31.2. The lowest BCUT2D eigenvalue weighted by atomic mass is 10.3. The molecule has 0 aromatic carbocycles. The Hall–Kier alpha value is -2.07. The van der Waals surface area contributed by atoms with Crippen LogP contribution in [0.1, 0.15) is 38.3 Å². The zero-order valence-corrected chi connectivity index (χ0v) is 18.5. The van der Waals surface area contributed by atoms with Crippen molar-refractivity contribution in [3.05, 3.63) is 22.0 Å². The summed E-state index contributed by atoms with van der Waals surface area (Å²) in [5, 5.41) is 3.11. The Labute approximate surface area is 174 Å². The van der Waals surface area contributed by atoms with Gasteiger partial charge in [-0.2, -0.15) is 0 Å². The van der Waals surface area contributed by atoms with E-state index in [2.05, 4.69) is 25.0 Å². The van der Waals surface area contributed by atoms with Gasteiger partial charge in [0.1, 0.15) is 11.6 Å². The molecule has 0 radical (unpaired) electrons. The first-order valence-corrected chi connectivity index (χ1v) is 11.8. The van der Waals surface area contributed by atoms with Crippen molar-refractivity contribution in [1.29, 1.82) is 0 Å². The van der Waals surface area contributed by atoms with Crippen LogP contribution < -0.4 is 10.9 Å². The van der Waals surface area contributed by atoms with Crippen molar-refractivity contribution < 1.29 is 23.5 Å². The van der Waals surface area contributed by atoms with Crippen LogP contribution in [0.5, 0.6) is 0 Å². The molecule has 0 aliphatic heterocycles. The van der Waals surface area contributed by atoms with Gasteiger partial charge in [-0.15, -0.1) is 0 Å². The number of nitrogens with zero attached hydrogens (tertiary/aromatic N) is 3. The smallest absolute Gasteiger partial charge is 0.329 e. The predicted octanol–water partition coefficient (Wildman–Crippen LogP) is 0.989. The number of nitrogens with one attached hydrogen (secondary N) is 2. The second-order valence-electron chi connectivity index (χ2n) is 6.70. The summed E-state index contributed by atoms with van der Waals surface area (Å²) in [6.07, 6.45) is 1.69. The molecule has 0 aliphatic carbocycles. The third kappa shape index (κ3) is 6.73. The van der Waals surface area contributed by atoms with Crippen LogP contribution in [0.3, 0.4) is 0 Å². The summed E-state index contributed by atoms with van der Waals surface area (Å²) >= 11 is 0. The van der Waals surface area contributed by atoms with Crippen molar-refractivity contribution in [2.45, 2.75) is 46.1 Å². The predicted molar refractivity (Wildman–Crippen MR) is 112 cm³/mol. The van der Waals surface area contributed by atoms with E-state index in [4.69, 9.17) is 4.52 Å². The van der Waals surface area contributed by atoms with Crippen LogP contribution in [-0.2, 0) is 38.0 Å². The van der Waals surface area contributed by atoms with Crippen LogP contribution in [0, 0.1) is 0 Å². The number of methoxy groups -OCH3 is 1. The number of H-pyrrole nitrogens is 1. The number of hydrogen-bond acceptors (Lipinski definition) is 8. The van der Waals surface area contributed by atoms with Crippen molar-refractivity contribution in [2.75, 3.05) is 33.0 Å². The molecule has 0 aliphatic rings. The van der Waals surface area contributed by atoms with Crippen molar-refractivity contribution >= 4 is 24.7 Å². The molecule has 0 saturated carbocycles. The molecule has 2 aromatic heterocycles. The number of aryl methyl sites for hydroxylation is 2. The van der Waals surface area contributed by atoms with Crippen molar-refractivity contribution in [3.8, 4) is 0 Å². The summed E-state index contributed by atoms with van der Waals surface area (Å²) in [5.41, 5.74) is 0.629. The van der Waals surface area contributed by atoms with Gasteiger partial charge in [0.25, 0.3) is 5.56 Å². The monoisotopic (exact) mass is 443 g/mol. The van der Waals surface area contributed by atoms with Crippen LogP contribution in [0.15, 0.2) is 4.79 Å². The minimum absolute atomic E-state index is 0.0176. The number of rotatable bonds is 13. The number of aromatic amines is 1. The van der Waals surface area contributed by atoms with Gasteiger partial charge in [-0.3, -0.25) is 14.2 Å². The molecule has 2 heterocycles. The second-order valence-corrected chi connectivity index (χ2v) is 8.68.